The average molecular weight is 416 g/mol. The minimum absolute atomic E-state index is 0.228. The molecule has 0 unspecified atom stereocenters. The zero-order valence-electron chi connectivity index (χ0n) is 18.1. The summed E-state index contributed by atoms with van der Waals surface area (Å²) in [6, 6.07) is 17.9. The van der Waals surface area contributed by atoms with E-state index in [4.69, 9.17) is 21.2 Å². The van der Waals surface area contributed by atoms with Crippen molar-refractivity contribution in [2.45, 2.75) is 25.8 Å². The van der Waals surface area contributed by atoms with Gasteiger partial charge in [-0.1, -0.05) is 18.2 Å². The number of hydrogen-bond acceptors (Lipinski definition) is 6. The minimum atomic E-state index is 0.228. The van der Waals surface area contributed by atoms with Crippen molar-refractivity contribution < 1.29 is 4.74 Å². The molecule has 1 saturated heterocycles. The number of pyridine rings is 1. The molecule has 1 fully saturated rings. The Balaban J connectivity index is 1.70. The first-order chi connectivity index (χ1) is 15.0. The van der Waals surface area contributed by atoms with Crippen LogP contribution < -0.4 is 16.2 Å². The maximum absolute atomic E-state index is 6.45. The monoisotopic (exact) mass is 415 g/mol. The molecule has 1 aliphatic rings. The molecule has 6 nitrogen and oxygen atoms in total. The lowest BCUT2D eigenvalue weighted by atomic mass is 9.98. The largest absolute Gasteiger partial charge is 0.457 e. The molecule has 4 N–H and O–H groups in total. The van der Waals surface area contributed by atoms with Gasteiger partial charge in [-0.2, -0.15) is 0 Å². The Kier molecular flexibility index (Phi) is 6.18. The molecule has 0 spiro atoms. The van der Waals surface area contributed by atoms with Crippen LogP contribution >= 0.6 is 0 Å². The van der Waals surface area contributed by atoms with E-state index in [2.05, 4.69) is 16.9 Å². The van der Waals surface area contributed by atoms with Crippen LogP contribution in [0.1, 0.15) is 29.5 Å². The molecule has 0 amide bonds. The number of benzene rings is 2. The van der Waals surface area contributed by atoms with Crippen LogP contribution in [0, 0.1) is 6.92 Å². The molecule has 160 valence electrons. The number of aromatic nitrogens is 1. The zero-order chi connectivity index (χ0) is 21.8. The molecule has 2 heterocycles. The van der Waals surface area contributed by atoms with Crippen molar-refractivity contribution in [3.8, 4) is 11.5 Å². The van der Waals surface area contributed by atoms with Crippen LogP contribution in [0.5, 0.6) is 11.5 Å². The summed E-state index contributed by atoms with van der Waals surface area (Å²) >= 11 is 0. The van der Waals surface area contributed by atoms with E-state index in [1.54, 1.807) is 6.20 Å². The summed E-state index contributed by atoms with van der Waals surface area (Å²) in [6.45, 7) is 4.00. The van der Waals surface area contributed by atoms with E-state index < -0.39 is 0 Å². The quantitative estimate of drug-likeness (QED) is 0.607. The van der Waals surface area contributed by atoms with Gasteiger partial charge in [-0.05, 0) is 81.9 Å². The van der Waals surface area contributed by atoms with Crippen molar-refractivity contribution in [3.63, 3.8) is 0 Å². The minimum Gasteiger partial charge on any atom is -0.457 e. The summed E-state index contributed by atoms with van der Waals surface area (Å²) in [6.07, 6.45) is 3.72. The highest BCUT2D eigenvalue weighted by atomic mass is 16.5. The molecule has 0 radical (unpaired) electrons. The zero-order valence-corrected chi connectivity index (χ0v) is 18.1. The third kappa shape index (κ3) is 4.86. The van der Waals surface area contributed by atoms with Crippen LogP contribution in [-0.4, -0.2) is 41.8 Å². The first-order valence-electron chi connectivity index (χ1n) is 10.6. The smallest absolute Gasteiger partial charge is 0.134 e. The van der Waals surface area contributed by atoms with Crippen LogP contribution in [0.2, 0.25) is 0 Å². The Bertz CT molecular complexity index is 1060. The van der Waals surface area contributed by atoms with E-state index in [1.165, 1.54) is 0 Å². The van der Waals surface area contributed by atoms with Crippen molar-refractivity contribution in [1.82, 2.24) is 9.88 Å². The second kappa shape index (κ2) is 9.18. The summed E-state index contributed by atoms with van der Waals surface area (Å²) in [5, 5.41) is 0. The molecule has 4 rings (SSSR count). The number of anilines is 2. The van der Waals surface area contributed by atoms with Gasteiger partial charge in [0.2, 0.25) is 0 Å². The molecule has 3 aromatic rings. The van der Waals surface area contributed by atoms with E-state index in [0.717, 1.165) is 59.8 Å². The van der Waals surface area contributed by atoms with Gasteiger partial charge in [0.05, 0.1) is 17.3 Å². The highest BCUT2D eigenvalue weighted by Crippen LogP contribution is 2.28. The third-order valence-corrected chi connectivity index (χ3v) is 5.69. The highest BCUT2D eigenvalue weighted by molar-refractivity contribution is 6.18. The van der Waals surface area contributed by atoms with E-state index in [9.17, 15) is 0 Å². The molecule has 0 saturated carbocycles. The average Bonchev–Trinajstić information content (AvgIpc) is 2.78. The summed E-state index contributed by atoms with van der Waals surface area (Å²) in [5.41, 5.74) is 16.7. The lowest BCUT2D eigenvalue weighted by Gasteiger charge is -2.27. The Morgan fingerprint density at radius 2 is 1.65 bits per heavy atom. The fourth-order valence-electron chi connectivity index (χ4n) is 3.78. The molecule has 0 atom stereocenters. The van der Waals surface area contributed by atoms with Crippen molar-refractivity contribution in [3.05, 3.63) is 77.5 Å². The van der Waals surface area contributed by atoms with Gasteiger partial charge in [0.1, 0.15) is 17.3 Å². The van der Waals surface area contributed by atoms with E-state index >= 15 is 0 Å². The fourth-order valence-corrected chi connectivity index (χ4v) is 3.78. The summed E-state index contributed by atoms with van der Waals surface area (Å²) < 4.78 is 5.94. The van der Waals surface area contributed by atoms with Gasteiger partial charge in [-0.3, -0.25) is 4.99 Å². The number of hydrogen-bond donors (Lipinski definition) is 2. The Hall–Kier alpha value is -3.38. The standard InChI is InChI=1S/C25H29N5O/c1-17-16-28-25(27)22(23(17)26)24(29-19-12-14-30(2)15-13-19)18-8-10-21(11-9-18)31-20-6-4-3-5-7-20/h3-11,16,19H,12-15H2,1-2H3,(H4,26,27,28). The fraction of sp³-hybridized carbons (Fsp3) is 0.280. The van der Waals surface area contributed by atoms with Crippen LogP contribution in [0.3, 0.4) is 0 Å². The van der Waals surface area contributed by atoms with Crippen molar-refractivity contribution >= 4 is 17.2 Å². The van der Waals surface area contributed by atoms with Gasteiger partial charge in [0.15, 0.2) is 0 Å². The van der Waals surface area contributed by atoms with E-state index in [-0.39, 0.29) is 6.04 Å². The third-order valence-electron chi connectivity index (χ3n) is 5.69. The predicted octanol–water partition coefficient (Wildman–Crippen LogP) is 4.28. The number of piperidine rings is 1. The number of nitrogen functional groups attached to an aromatic ring is 2. The number of nitrogens with two attached hydrogens (primary N) is 2. The molecule has 6 heteroatoms. The number of nitrogens with zero attached hydrogens (tertiary/aromatic N) is 3. The Morgan fingerprint density at radius 1 is 1.00 bits per heavy atom. The topological polar surface area (TPSA) is 89.8 Å². The SMILES string of the molecule is Cc1cnc(N)c(C(=NC2CCN(C)CC2)c2ccc(Oc3ccccc3)cc2)c1N. The first-order valence-corrected chi connectivity index (χ1v) is 10.6. The number of likely N-dealkylation sites (tertiary alicyclic amines) is 1. The predicted molar refractivity (Wildman–Crippen MR) is 127 cm³/mol. The number of aliphatic imine (C=N–C) groups is 1. The van der Waals surface area contributed by atoms with Crippen molar-refractivity contribution in [1.29, 1.82) is 0 Å². The number of para-hydroxylation sites is 1. The van der Waals surface area contributed by atoms with Crippen LogP contribution in [0.15, 0.2) is 65.8 Å². The molecule has 0 bridgehead atoms. The van der Waals surface area contributed by atoms with Crippen molar-refractivity contribution in [2.75, 3.05) is 31.6 Å². The molecule has 2 aromatic carbocycles. The maximum atomic E-state index is 6.45. The second-order valence-corrected chi connectivity index (χ2v) is 8.07. The van der Waals surface area contributed by atoms with Gasteiger partial charge in [0, 0.05) is 17.4 Å². The molecule has 1 aromatic heterocycles. The Morgan fingerprint density at radius 3 is 2.32 bits per heavy atom. The van der Waals surface area contributed by atoms with Gasteiger partial charge in [0.25, 0.3) is 0 Å². The molecule has 1 aliphatic heterocycles. The maximum Gasteiger partial charge on any atom is 0.134 e. The van der Waals surface area contributed by atoms with Gasteiger partial charge in [-0.15, -0.1) is 0 Å². The highest BCUT2D eigenvalue weighted by Gasteiger charge is 2.21. The van der Waals surface area contributed by atoms with Crippen molar-refractivity contribution in [2.24, 2.45) is 4.99 Å². The lowest BCUT2D eigenvalue weighted by Crippen LogP contribution is -2.32. The Labute approximate surface area is 183 Å². The van der Waals surface area contributed by atoms with Gasteiger partial charge < -0.3 is 21.1 Å². The van der Waals surface area contributed by atoms with Gasteiger partial charge in [-0.25, -0.2) is 4.98 Å². The summed E-state index contributed by atoms with van der Waals surface area (Å²) in [4.78, 5) is 11.8. The van der Waals surface area contributed by atoms with E-state index in [1.807, 2.05) is 61.5 Å². The molecular formula is C25H29N5O. The van der Waals surface area contributed by atoms with Crippen LogP contribution in [0.4, 0.5) is 11.5 Å². The first kappa shape index (κ1) is 20.9. The normalized spacial score (nSPS) is 15.7. The summed E-state index contributed by atoms with van der Waals surface area (Å²) in [5.74, 6) is 1.96. The summed E-state index contributed by atoms with van der Waals surface area (Å²) in [7, 11) is 2.15. The van der Waals surface area contributed by atoms with Crippen LogP contribution in [-0.2, 0) is 0 Å². The second-order valence-electron chi connectivity index (χ2n) is 8.07. The number of rotatable bonds is 5. The van der Waals surface area contributed by atoms with E-state index in [0.29, 0.717) is 11.5 Å². The lowest BCUT2D eigenvalue weighted by molar-refractivity contribution is 0.257. The van der Waals surface area contributed by atoms with Gasteiger partial charge >= 0.3 is 0 Å². The molecular weight excluding hydrogens is 386 g/mol. The number of aryl methyl sites for hydroxylation is 1. The molecule has 31 heavy (non-hydrogen) atoms. The number of ether oxygens (including phenoxy) is 1. The van der Waals surface area contributed by atoms with Crippen LogP contribution in [0.25, 0.3) is 0 Å². The molecule has 0 aliphatic carbocycles.